The number of hydrogen-bond donors (Lipinski definition) is 0. The Morgan fingerprint density at radius 1 is 1.00 bits per heavy atom. The van der Waals surface area contributed by atoms with Crippen LogP contribution in [0.4, 0.5) is 0 Å². The van der Waals surface area contributed by atoms with Crippen molar-refractivity contribution in [1.29, 1.82) is 0 Å². The summed E-state index contributed by atoms with van der Waals surface area (Å²) in [6.45, 7) is 3.75. The van der Waals surface area contributed by atoms with E-state index in [9.17, 15) is 0 Å². The summed E-state index contributed by atoms with van der Waals surface area (Å²) in [5.74, 6) is 0. The van der Waals surface area contributed by atoms with E-state index in [-0.39, 0.29) is 0 Å². The van der Waals surface area contributed by atoms with Gasteiger partial charge in [-0.15, -0.1) is 0 Å². The van der Waals surface area contributed by atoms with Gasteiger partial charge in [-0.3, -0.25) is 0 Å². The molecule has 1 nitrogen and oxygen atoms in total. The summed E-state index contributed by atoms with van der Waals surface area (Å²) in [7, 11) is 0. The number of aromatic nitrogens is 1. The second kappa shape index (κ2) is 11.5. The normalized spacial score (nSPS) is 10.4. The Morgan fingerprint density at radius 2 is 1.72 bits per heavy atom. The summed E-state index contributed by atoms with van der Waals surface area (Å²) in [4.78, 5) is 4.37. The molecule has 0 amide bonds. The Labute approximate surface area is 118 Å². The fourth-order valence-electron chi connectivity index (χ4n) is 1.88. The maximum absolute atomic E-state index is 4.37. The SMILES string of the molecule is C=CCCCCCCCCC[Se]c1ccccn1. The summed E-state index contributed by atoms with van der Waals surface area (Å²) < 4.78 is 1.30. The molecule has 0 atom stereocenters. The van der Waals surface area contributed by atoms with Gasteiger partial charge in [0.15, 0.2) is 0 Å². The molecule has 0 N–H and O–H groups in total. The summed E-state index contributed by atoms with van der Waals surface area (Å²) in [5, 5.41) is 1.35. The Hall–Kier alpha value is -0.591. The topological polar surface area (TPSA) is 12.9 Å². The van der Waals surface area contributed by atoms with Crippen LogP contribution < -0.4 is 4.59 Å². The van der Waals surface area contributed by atoms with Crippen LogP contribution >= 0.6 is 0 Å². The van der Waals surface area contributed by atoms with E-state index >= 15 is 0 Å². The zero-order valence-corrected chi connectivity index (χ0v) is 13.0. The van der Waals surface area contributed by atoms with Gasteiger partial charge < -0.3 is 0 Å². The molecule has 0 saturated carbocycles. The second-order valence-corrected chi connectivity index (χ2v) is 6.91. The number of unbranched alkanes of at least 4 members (excludes halogenated alkanes) is 7. The third kappa shape index (κ3) is 8.49. The molecule has 100 valence electrons. The van der Waals surface area contributed by atoms with Gasteiger partial charge in [-0.2, -0.15) is 0 Å². The van der Waals surface area contributed by atoms with E-state index in [1.807, 2.05) is 18.3 Å². The van der Waals surface area contributed by atoms with E-state index in [1.54, 1.807) is 0 Å². The molecule has 0 spiro atoms. The van der Waals surface area contributed by atoms with Gasteiger partial charge in [-0.25, -0.2) is 0 Å². The van der Waals surface area contributed by atoms with Gasteiger partial charge in [0.1, 0.15) is 0 Å². The number of allylic oxidation sites excluding steroid dienone is 1. The van der Waals surface area contributed by atoms with Crippen LogP contribution in [0, 0.1) is 0 Å². The van der Waals surface area contributed by atoms with E-state index < -0.39 is 0 Å². The fourth-order valence-corrected chi connectivity index (χ4v) is 3.70. The van der Waals surface area contributed by atoms with E-state index in [0.717, 1.165) is 0 Å². The van der Waals surface area contributed by atoms with Gasteiger partial charge in [-0.1, -0.05) is 0 Å². The Morgan fingerprint density at radius 3 is 2.39 bits per heavy atom. The first-order valence-corrected chi connectivity index (χ1v) is 9.15. The molecule has 0 aliphatic carbocycles. The van der Waals surface area contributed by atoms with Crippen LogP contribution in [0.3, 0.4) is 0 Å². The maximum atomic E-state index is 4.37. The van der Waals surface area contributed by atoms with Crippen LogP contribution in [-0.2, 0) is 0 Å². The summed E-state index contributed by atoms with van der Waals surface area (Å²) in [5.41, 5.74) is 0. The van der Waals surface area contributed by atoms with Gasteiger partial charge >= 0.3 is 118 Å². The van der Waals surface area contributed by atoms with Crippen molar-refractivity contribution in [2.75, 3.05) is 0 Å². The van der Waals surface area contributed by atoms with E-state index in [4.69, 9.17) is 0 Å². The first-order chi connectivity index (χ1) is 8.93. The molecule has 18 heavy (non-hydrogen) atoms. The Kier molecular flexibility index (Phi) is 9.88. The molecule has 2 heteroatoms. The minimum absolute atomic E-state index is 0.589. The molecule has 1 aromatic rings. The van der Waals surface area contributed by atoms with Crippen LogP contribution in [0.5, 0.6) is 0 Å². The van der Waals surface area contributed by atoms with E-state index in [2.05, 4.69) is 23.7 Å². The molecule has 0 radical (unpaired) electrons. The van der Waals surface area contributed by atoms with Crippen molar-refractivity contribution in [3.05, 3.63) is 37.1 Å². The summed E-state index contributed by atoms with van der Waals surface area (Å²) >= 11 is 0.589. The molecule has 0 aromatic carbocycles. The van der Waals surface area contributed by atoms with E-state index in [0.29, 0.717) is 15.0 Å². The molecule has 0 aliphatic rings. The fraction of sp³-hybridized carbons (Fsp3) is 0.562. The van der Waals surface area contributed by atoms with Crippen LogP contribution in [-0.4, -0.2) is 19.9 Å². The predicted octanol–water partition coefficient (Wildman–Crippen LogP) is 4.14. The van der Waals surface area contributed by atoms with Gasteiger partial charge in [0.25, 0.3) is 0 Å². The molecule has 0 saturated heterocycles. The monoisotopic (exact) mass is 311 g/mol. The third-order valence-electron chi connectivity index (χ3n) is 2.94. The zero-order valence-electron chi connectivity index (χ0n) is 11.3. The number of rotatable bonds is 11. The Balaban J connectivity index is 1.83. The molecule has 0 unspecified atom stereocenters. The molecule has 0 fully saturated rings. The quantitative estimate of drug-likeness (QED) is 0.340. The van der Waals surface area contributed by atoms with Crippen molar-refractivity contribution in [1.82, 2.24) is 4.98 Å². The van der Waals surface area contributed by atoms with Crippen molar-refractivity contribution < 1.29 is 0 Å². The summed E-state index contributed by atoms with van der Waals surface area (Å²) in [6.07, 6.45) is 14.8. The summed E-state index contributed by atoms with van der Waals surface area (Å²) in [6, 6.07) is 6.24. The number of nitrogens with zero attached hydrogens (tertiary/aromatic N) is 1. The second-order valence-electron chi connectivity index (χ2n) is 4.57. The molecule has 1 heterocycles. The molecular formula is C16H25NSe. The van der Waals surface area contributed by atoms with Gasteiger partial charge in [-0.05, 0) is 0 Å². The van der Waals surface area contributed by atoms with Gasteiger partial charge in [0, 0.05) is 0 Å². The minimum atomic E-state index is 0.589. The molecule has 1 rings (SSSR count). The standard InChI is InChI=1S/C16H25NSe/c1-2-3-4-5-6-7-8-9-12-15-18-16-13-10-11-14-17-16/h2,10-11,13-14H,1,3-9,12,15H2. The first-order valence-electron chi connectivity index (χ1n) is 7.08. The van der Waals surface area contributed by atoms with Crippen LogP contribution in [0.25, 0.3) is 0 Å². The van der Waals surface area contributed by atoms with Crippen molar-refractivity contribution in [2.45, 2.75) is 56.7 Å². The third-order valence-corrected chi connectivity index (χ3v) is 5.10. The number of pyridine rings is 1. The number of hydrogen-bond acceptors (Lipinski definition) is 1. The van der Waals surface area contributed by atoms with Gasteiger partial charge in [0.2, 0.25) is 0 Å². The van der Waals surface area contributed by atoms with Crippen LogP contribution in [0.2, 0.25) is 5.32 Å². The van der Waals surface area contributed by atoms with Crippen LogP contribution in [0.1, 0.15) is 51.4 Å². The molecular weight excluding hydrogens is 285 g/mol. The first kappa shape index (κ1) is 15.5. The zero-order chi connectivity index (χ0) is 12.9. The molecule has 1 aromatic heterocycles. The molecule has 0 aliphatic heterocycles. The van der Waals surface area contributed by atoms with Crippen molar-refractivity contribution in [2.24, 2.45) is 0 Å². The average Bonchev–Trinajstić information content (AvgIpc) is 2.42. The van der Waals surface area contributed by atoms with Crippen molar-refractivity contribution in [3.63, 3.8) is 0 Å². The van der Waals surface area contributed by atoms with Crippen LogP contribution in [0.15, 0.2) is 37.1 Å². The van der Waals surface area contributed by atoms with E-state index in [1.165, 1.54) is 61.3 Å². The predicted molar refractivity (Wildman–Crippen MR) is 81.6 cm³/mol. The molecule has 0 bridgehead atoms. The average molecular weight is 310 g/mol. The Bertz CT molecular complexity index is 297. The van der Waals surface area contributed by atoms with Crippen molar-refractivity contribution in [3.8, 4) is 0 Å². The van der Waals surface area contributed by atoms with Crippen molar-refractivity contribution >= 4 is 19.5 Å². The van der Waals surface area contributed by atoms with Gasteiger partial charge in [0.05, 0.1) is 0 Å².